The molecule has 1 N–H and O–H groups in total. The molecular formula is C15H15BrN2O2. The Morgan fingerprint density at radius 1 is 1.20 bits per heavy atom. The molecule has 0 amide bonds. The van der Waals surface area contributed by atoms with Crippen LogP contribution in [0.3, 0.4) is 0 Å². The number of rotatable bonds is 5. The van der Waals surface area contributed by atoms with Crippen LogP contribution in [0, 0.1) is 10.1 Å². The van der Waals surface area contributed by atoms with E-state index >= 15 is 0 Å². The van der Waals surface area contributed by atoms with Crippen molar-refractivity contribution >= 4 is 21.6 Å². The lowest BCUT2D eigenvalue weighted by molar-refractivity contribution is -0.385. The zero-order chi connectivity index (χ0) is 14.5. The van der Waals surface area contributed by atoms with Crippen molar-refractivity contribution in [2.75, 3.05) is 0 Å². The number of nitrogens with zero attached hydrogens (tertiary/aromatic N) is 1. The summed E-state index contributed by atoms with van der Waals surface area (Å²) in [5, 5.41) is 14.3. The predicted octanol–water partition coefficient (Wildman–Crippen LogP) is 4.21. The fraction of sp³-hybridized carbons (Fsp3) is 0.200. The summed E-state index contributed by atoms with van der Waals surface area (Å²) in [6.07, 6.45) is 0. The van der Waals surface area contributed by atoms with Gasteiger partial charge in [-0.2, -0.15) is 0 Å². The molecule has 0 heterocycles. The van der Waals surface area contributed by atoms with E-state index in [2.05, 4.69) is 21.2 Å². The molecule has 2 aromatic rings. The van der Waals surface area contributed by atoms with E-state index in [1.165, 1.54) is 6.07 Å². The van der Waals surface area contributed by atoms with Crippen molar-refractivity contribution in [1.82, 2.24) is 5.32 Å². The van der Waals surface area contributed by atoms with E-state index in [4.69, 9.17) is 0 Å². The first-order chi connectivity index (χ1) is 9.59. The first-order valence-corrected chi connectivity index (χ1v) is 7.09. The second kappa shape index (κ2) is 6.63. The number of benzene rings is 2. The van der Waals surface area contributed by atoms with Gasteiger partial charge in [-0.05, 0) is 18.6 Å². The normalized spacial score (nSPS) is 12.1. The number of nitro benzene ring substituents is 1. The average Bonchev–Trinajstić information content (AvgIpc) is 2.45. The maximum absolute atomic E-state index is 11.0. The van der Waals surface area contributed by atoms with Crippen LogP contribution in [-0.2, 0) is 6.54 Å². The number of hydrogen-bond donors (Lipinski definition) is 1. The third kappa shape index (κ3) is 3.43. The van der Waals surface area contributed by atoms with Gasteiger partial charge in [0.25, 0.3) is 5.69 Å². The molecular weight excluding hydrogens is 320 g/mol. The molecule has 0 unspecified atom stereocenters. The van der Waals surface area contributed by atoms with Gasteiger partial charge in [0.05, 0.1) is 4.92 Å². The average molecular weight is 335 g/mol. The Bertz CT molecular complexity index is 616. The van der Waals surface area contributed by atoms with Crippen molar-refractivity contribution < 1.29 is 4.92 Å². The van der Waals surface area contributed by atoms with Gasteiger partial charge in [-0.3, -0.25) is 10.1 Å². The summed E-state index contributed by atoms with van der Waals surface area (Å²) in [7, 11) is 0. The summed E-state index contributed by atoms with van der Waals surface area (Å²) in [6, 6.07) is 14.8. The Kier molecular flexibility index (Phi) is 4.87. The minimum Gasteiger partial charge on any atom is -0.306 e. The van der Waals surface area contributed by atoms with Crippen LogP contribution in [0.15, 0.2) is 53.0 Å². The van der Waals surface area contributed by atoms with Gasteiger partial charge >= 0.3 is 0 Å². The molecule has 1 atom stereocenters. The van der Waals surface area contributed by atoms with E-state index in [0.29, 0.717) is 12.1 Å². The van der Waals surface area contributed by atoms with Gasteiger partial charge in [0.2, 0.25) is 0 Å². The molecule has 4 nitrogen and oxygen atoms in total. The van der Waals surface area contributed by atoms with E-state index < -0.39 is 0 Å². The highest BCUT2D eigenvalue weighted by Gasteiger charge is 2.14. The summed E-state index contributed by atoms with van der Waals surface area (Å²) < 4.78 is 1.03. The maximum Gasteiger partial charge on any atom is 0.273 e. The van der Waals surface area contributed by atoms with Crippen LogP contribution < -0.4 is 5.32 Å². The lowest BCUT2D eigenvalue weighted by atomic mass is 10.1. The summed E-state index contributed by atoms with van der Waals surface area (Å²) in [6.45, 7) is 2.49. The lowest BCUT2D eigenvalue weighted by Crippen LogP contribution is -2.19. The van der Waals surface area contributed by atoms with Gasteiger partial charge in [0.15, 0.2) is 0 Å². The molecule has 0 aliphatic heterocycles. The molecule has 5 heteroatoms. The molecule has 0 bridgehead atoms. The molecule has 0 aliphatic carbocycles. The minimum atomic E-state index is -0.347. The van der Waals surface area contributed by atoms with Crippen molar-refractivity contribution in [3.63, 3.8) is 0 Å². The Labute approximate surface area is 126 Å². The molecule has 0 fully saturated rings. The van der Waals surface area contributed by atoms with Crippen LogP contribution in [-0.4, -0.2) is 4.92 Å². The molecule has 0 saturated carbocycles. The molecule has 0 radical (unpaired) electrons. The van der Waals surface area contributed by atoms with Crippen LogP contribution >= 0.6 is 15.9 Å². The molecule has 0 aliphatic rings. The van der Waals surface area contributed by atoms with Gasteiger partial charge in [0, 0.05) is 28.7 Å². The number of nitro groups is 1. The largest absolute Gasteiger partial charge is 0.306 e. The van der Waals surface area contributed by atoms with E-state index in [1.54, 1.807) is 12.1 Å². The third-order valence-corrected chi connectivity index (χ3v) is 3.88. The predicted molar refractivity (Wildman–Crippen MR) is 82.5 cm³/mol. The summed E-state index contributed by atoms with van der Waals surface area (Å²) >= 11 is 3.51. The Hall–Kier alpha value is -1.72. The topological polar surface area (TPSA) is 55.2 Å². The molecule has 2 rings (SSSR count). The quantitative estimate of drug-likeness (QED) is 0.658. The fourth-order valence-electron chi connectivity index (χ4n) is 2.04. The van der Waals surface area contributed by atoms with Crippen molar-refractivity contribution in [3.8, 4) is 0 Å². The molecule has 104 valence electrons. The van der Waals surface area contributed by atoms with Gasteiger partial charge in [-0.15, -0.1) is 0 Å². The second-order valence-corrected chi connectivity index (χ2v) is 5.36. The van der Waals surface area contributed by atoms with Crippen LogP contribution in [0.4, 0.5) is 5.69 Å². The summed E-state index contributed by atoms with van der Waals surface area (Å²) in [5.41, 5.74) is 1.97. The van der Waals surface area contributed by atoms with Gasteiger partial charge < -0.3 is 5.32 Å². The van der Waals surface area contributed by atoms with E-state index in [-0.39, 0.29) is 16.7 Å². The zero-order valence-electron chi connectivity index (χ0n) is 11.0. The summed E-state index contributed by atoms with van der Waals surface area (Å²) in [5.74, 6) is 0. The minimum absolute atomic E-state index is 0.102. The first-order valence-electron chi connectivity index (χ1n) is 6.29. The fourth-order valence-corrected chi connectivity index (χ4v) is 2.67. The monoisotopic (exact) mass is 334 g/mol. The van der Waals surface area contributed by atoms with Crippen LogP contribution in [0.25, 0.3) is 0 Å². The molecule has 20 heavy (non-hydrogen) atoms. The highest BCUT2D eigenvalue weighted by molar-refractivity contribution is 9.10. The van der Waals surface area contributed by atoms with Crippen LogP contribution in [0.5, 0.6) is 0 Å². The molecule has 0 spiro atoms. The van der Waals surface area contributed by atoms with Gasteiger partial charge in [-0.1, -0.05) is 52.3 Å². The van der Waals surface area contributed by atoms with Crippen molar-refractivity contribution in [3.05, 3.63) is 74.2 Å². The Morgan fingerprint density at radius 3 is 2.55 bits per heavy atom. The first kappa shape index (κ1) is 14.7. The van der Waals surface area contributed by atoms with Crippen LogP contribution in [0.2, 0.25) is 0 Å². The Balaban J connectivity index is 2.10. The second-order valence-electron chi connectivity index (χ2n) is 4.51. The van der Waals surface area contributed by atoms with Crippen molar-refractivity contribution in [2.45, 2.75) is 19.5 Å². The zero-order valence-corrected chi connectivity index (χ0v) is 12.6. The van der Waals surface area contributed by atoms with Crippen LogP contribution in [0.1, 0.15) is 24.1 Å². The lowest BCUT2D eigenvalue weighted by Gasteiger charge is -2.15. The van der Waals surface area contributed by atoms with Gasteiger partial charge in [-0.25, -0.2) is 0 Å². The number of hydrogen-bond acceptors (Lipinski definition) is 3. The molecule has 0 aromatic heterocycles. The standard InChI is InChI=1S/C15H15BrN2O2/c1-11(13-7-3-4-8-14(13)16)17-10-12-6-2-5-9-15(12)18(19)20/h2-9,11,17H,10H2,1H3/t11-/m0/s1. The smallest absolute Gasteiger partial charge is 0.273 e. The summed E-state index contributed by atoms with van der Waals surface area (Å²) in [4.78, 5) is 10.6. The maximum atomic E-state index is 11.0. The highest BCUT2D eigenvalue weighted by atomic mass is 79.9. The third-order valence-electron chi connectivity index (χ3n) is 3.16. The molecule has 2 aromatic carbocycles. The Morgan fingerprint density at radius 2 is 1.85 bits per heavy atom. The van der Waals surface area contributed by atoms with E-state index in [9.17, 15) is 10.1 Å². The van der Waals surface area contributed by atoms with Gasteiger partial charge in [0.1, 0.15) is 0 Å². The molecule has 0 saturated heterocycles. The number of para-hydroxylation sites is 1. The van der Waals surface area contributed by atoms with Crippen molar-refractivity contribution in [2.24, 2.45) is 0 Å². The SMILES string of the molecule is C[C@H](NCc1ccccc1[N+](=O)[O-])c1ccccc1Br. The highest BCUT2D eigenvalue weighted by Crippen LogP contribution is 2.24. The number of nitrogens with one attached hydrogen (secondary N) is 1. The van der Waals surface area contributed by atoms with E-state index in [1.807, 2.05) is 37.3 Å². The number of halogens is 1. The van der Waals surface area contributed by atoms with Crippen molar-refractivity contribution in [1.29, 1.82) is 0 Å². The van der Waals surface area contributed by atoms with E-state index in [0.717, 1.165) is 10.0 Å².